The molecule has 4 rings (SSSR count). The number of phenolic OH excluding ortho intramolecular Hbond substituents is 1. The Kier molecular flexibility index (Phi) is 7.48. The zero-order chi connectivity index (χ0) is 24.7. The second-order valence-corrected chi connectivity index (χ2v) is 8.27. The Morgan fingerprint density at radius 2 is 1.34 bits per heavy atom. The van der Waals surface area contributed by atoms with Gasteiger partial charge in [-0.3, -0.25) is 4.99 Å². The van der Waals surface area contributed by atoms with E-state index in [4.69, 9.17) is 14.5 Å². The van der Waals surface area contributed by atoms with Crippen molar-refractivity contribution < 1.29 is 19.7 Å². The number of hydrogen-bond donors (Lipinski definition) is 2. The molecule has 4 aromatic carbocycles. The molecule has 1 unspecified atom stereocenters. The topological polar surface area (TPSA) is 71.3 Å². The summed E-state index contributed by atoms with van der Waals surface area (Å²) in [4.78, 5) is 4.87. The van der Waals surface area contributed by atoms with Gasteiger partial charge in [-0.25, -0.2) is 0 Å². The average Bonchev–Trinajstić information content (AvgIpc) is 2.92. The van der Waals surface area contributed by atoms with Crippen LogP contribution in [0.2, 0.25) is 0 Å². The van der Waals surface area contributed by atoms with Crippen LogP contribution in [0.15, 0.2) is 108 Å². The fraction of sp³-hybridized carbons (Fsp3) is 0.167. The van der Waals surface area contributed by atoms with Crippen LogP contribution in [0.1, 0.15) is 22.3 Å². The Hall–Kier alpha value is -4.09. The molecule has 0 bridgehead atoms. The van der Waals surface area contributed by atoms with Crippen LogP contribution in [0.3, 0.4) is 0 Å². The predicted molar refractivity (Wildman–Crippen MR) is 139 cm³/mol. The van der Waals surface area contributed by atoms with Crippen LogP contribution in [-0.4, -0.2) is 36.7 Å². The van der Waals surface area contributed by atoms with Gasteiger partial charge in [-0.15, -0.1) is 0 Å². The molecule has 0 amide bonds. The quantitative estimate of drug-likeness (QED) is 0.325. The van der Waals surface area contributed by atoms with Crippen molar-refractivity contribution in [2.45, 2.75) is 18.1 Å². The molecule has 0 aliphatic heterocycles. The zero-order valence-corrected chi connectivity index (χ0v) is 19.8. The number of aromatic hydroxyl groups is 1. The molecular formula is C30H29NO4. The number of nitrogens with zero attached hydrogens (tertiary/aromatic N) is 1. The van der Waals surface area contributed by atoms with Crippen molar-refractivity contribution in [2.75, 3.05) is 14.2 Å². The zero-order valence-electron chi connectivity index (χ0n) is 19.8. The fourth-order valence-corrected chi connectivity index (χ4v) is 4.18. The van der Waals surface area contributed by atoms with Crippen molar-refractivity contribution >= 4 is 6.21 Å². The highest BCUT2D eigenvalue weighted by Gasteiger charge is 2.41. The maximum Gasteiger partial charge on any atom is 0.137 e. The third kappa shape index (κ3) is 5.36. The van der Waals surface area contributed by atoms with Gasteiger partial charge in [0.1, 0.15) is 22.8 Å². The van der Waals surface area contributed by atoms with Crippen LogP contribution in [-0.2, 0) is 12.0 Å². The van der Waals surface area contributed by atoms with Crippen molar-refractivity contribution in [3.8, 4) is 17.2 Å². The molecule has 1 atom stereocenters. The second kappa shape index (κ2) is 10.9. The van der Waals surface area contributed by atoms with Gasteiger partial charge in [0.05, 0.1) is 20.3 Å². The second-order valence-electron chi connectivity index (χ2n) is 8.27. The molecule has 35 heavy (non-hydrogen) atoms. The van der Waals surface area contributed by atoms with Gasteiger partial charge in [-0.2, -0.15) is 0 Å². The molecule has 178 valence electrons. The fourth-order valence-electron chi connectivity index (χ4n) is 4.18. The molecule has 0 heterocycles. The number of phenols is 1. The number of hydrogen-bond acceptors (Lipinski definition) is 5. The van der Waals surface area contributed by atoms with Gasteiger partial charge in [0, 0.05) is 11.8 Å². The lowest BCUT2D eigenvalue weighted by Crippen LogP contribution is -2.41. The summed E-state index contributed by atoms with van der Waals surface area (Å²) in [5.74, 6) is 1.39. The molecule has 0 fully saturated rings. The van der Waals surface area contributed by atoms with Crippen molar-refractivity contribution in [3.63, 3.8) is 0 Å². The van der Waals surface area contributed by atoms with Crippen molar-refractivity contribution in [1.82, 2.24) is 0 Å². The molecule has 0 saturated heterocycles. The van der Waals surface area contributed by atoms with Crippen LogP contribution >= 0.6 is 0 Å². The van der Waals surface area contributed by atoms with Gasteiger partial charge in [-0.05, 0) is 59.5 Å². The highest BCUT2D eigenvalue weighted by atomic mass is 16.5. The normalized spacial score (nSPS) is 12.4. The number of rotatable bonds is 9. The lowest BCUT2D eigenvalue weighted by Gasteiger charge is -2.35. The van der Waals surface area contributed by atoms with Crippen LogP contribution in [0.5, 0.6) is 17.2 Å². The molecular weight excluding hydrogens is 438 g/mol. The first kappa shape index (κ1) is 24.0. The number of aliphatic imine (C=N–C) groups is 1. The number of benzene rings is 4. The molecule has 0 aliphatic rings. The maximum absolute atomic E-state index is 12.6. The van der Waals surface area contributed by atoms with E-state index in [2.05, 4.69) is 0 Å². The van der Waals surface area contributed by atoms with E-state index < -0.39 is 11.6 Å². The maximum atomic E-state index is 12.6. The molecule has 4 aromatic rings. The molecule has 0 aromatic heterocycles. The summed E-state index contributed by atoms with van der Waals surface area (Å²) in [6, 6.07) is 31.1. The first-order chi connectivity index (χ1) is 17.0. The van der Waals surface area contributed by atoms with Crippen LogP contribution in [0.25, 0.3) is 0 Å². The smallest absolute Gasteiger partial charge is 0.137 e. The minimum Gasteiger partial charge on any atom is -0.507 e. The van der Waals surface area contributed by atoms with Gasteiger partial charge in [0.15, 0.2) is 0 Å². The van der Waals surface area contributed by atoms with E-state index in [0.29, 0.717) is 34.6 Å². The number of aliphatic hydroxyl groups is 1. The summed E-state index contributed by atoms with van der Waals surface area (Å²) in [5.41, 5.74) is 1.35. The molecule has 5 nitrogen and oxygen atoms in total. The Bertz CT molecular complexity index is 1240. The summed E-state index contributed by atoms with van der Waals surface area (Å²) in [6.45, 7) is 0. The third-order valence-electron chi connectivity index (χ3n) is 6.10. The van der Waals surface area contributed by atoms with Crippen LogP contribution in [0.4, 0.5) is 0 Å². The molecule has 0 spiro atoms. The van der Waals surface area contributed by atoms with Gasteiger partial charge in [0.25, 0.3) is 0 Å². The van der Waals surface area contributed by atoms with Gasteiger partial charge in [0.2, 0.25) is 0 Å². The van der Waals surface area contributed by atoms with Crippen molar-refractivity contribution in [2.24, 2.45) is 4.99 Å². The molecule has 2 N–H and O–H groups in total. The van der Waals surface area contributed by atoms with Crippen LogP contribution in [0, 0.1) is 0 Å². The first-order valence-electron chi connectivity index (χ1n) is 11.4. The SMILES string of the molecule is COc1cccc(C(O)(c2cccc(OC)c2)C(Cc2ccccc2)N=Cc2ccccc2O)c1. The number of para-hydroxylation sites is 1. The summed E-state index contributed by atoms with van der Waals surface area (Å²) in [6.07, 6.45) is 2.07. The molecule has 0 saturated carbocycles. The van der Waals surface area contributed by atoms with E-state index >= 15 is 0 Å². The van der Waals surface area contributed by atoms with E-state index in [9.17, 15) is 10.2 Å². The standard InChI is InChI=1S/C30H29NO4/c1-34-26-15-8-13-24(19-26)30(33,25-14-9-16-27(20-25)35-2)29(18-22-10-4-3-5-11-22)31-21-23-12-6-7-17-28(23)32/h3-17,19-21,29,32-33H,18H2,1-2H3. The Morgan fingerprint density at radius 1 is 0.771 bits per heavy atom. The lowest BCUT2D eigenvalue weighted by molar-refractivity contribution is 0.0523. The molecule has 0 aliphatic carbocycles. The van der Waals surface area contributed by atoms with Crippen LogP contribution < -0.4 is 9.47 Å². The van der Waals surface area contributed by atoms with E-state index in [1.807, 2.05) is 84.9 Å². The van der Waals surface area contributed by atoms with Gasteiger partial charge >= 0.3 is 0 Å². The number of ether oxygens (including phenoxy) is 2. The van der Waals surface area contributed by atoms with E-state index in [-0.39, 0.29) is 5.75 Å². The van der Waals surface area contributed by atoms with Gasteiger partial charge < -0.3 is 19.7 Å². The average molecular weight is 468 g/mol. The lowest BCUT2D eigenvalue weighted by atomic mass is 9.78. The summed E-state index contributed by atoms with van der Waals surface area (Å²) in [5, 5.41) is 22.9. The number of methoxy groups -OCH3 is 2. The predicted octanol–water partition coefficient (Wildman–Crippen LogP) is 5.38. The monoisotopic (exact) mass is 467 g/mol. The van der Waals surface area contributed by atoms with Crippen molar-refractivity contribution in [3.05, 3.63) is 125 Å². The first-order valence-corrected chi connectivity index (χ1v) is 11.4. The van der Waals surface area contributed by atoms with E-state index in [1.54, 1.807) is 38.6 Å². The van der Waals surface area contributed by atoms with E-state index in [1.165, 1.54) is 0 Å². The third-order valence-corrected chi connectivity index (χ3v) is 6.10. The van der Waals surface area contributed by atoms with E-state index in [0.717, 1.165) is 5.56 Å². The highest BCUT2D eigenvalue weighted by molar-refractivity contribution is 5.83. The highest BCUT2D eigenvalue weighted by Crippen LogP contribution is 2.39. The Balaban J connectivity index is 1.91. The molecule has 5 heteroatoms. The Labute approximate surface area is 206 Å². The Morgan fingerprint density at radius 3 is 1.91 bits per heavy atom. The largest absolute Gasteiger partial charge is 0.507 e. The van der Waals surface area contributed by atoms with Gasteiger partial charge in [-0.1, -0.05) is 66.7 Å². The summed E-state index contributed by atoms with van der Waals surface area (Å²) >= 11 is 0. The summed E-state index contributed by atoms with van der Waals surface area (Å²) < 4.78 is 10.9. The molecule has 0 radical (unpaired) electrons. The van der Waals surface area contributed by atoms with Crippen molar-refractivity contribution in [1.29, 1.82) is 0 Å². The summed E-state index contributed by atoms with van der Waals surface area (Å²) in [7, 11) is 3.20. The minimum absolute atomic E-state index is 0.126. The minimum atomic E-state index is -1.53.